The lowest BCUT2D eigenvalue weighted by atomic mass is 9.92. The first-order chi connectivity index (χ1) is 5.45. The molecule has 0 fully saturated rings. The van der Waals surface area contributed by atoms with Gasteiger partial charge in [-0.1, -0.05) is 19.9 Å². The number of carbonyl (C=O) groups is 1. The molecule has 0 aliphatic carbocycles. The van der Waals surface area contributed by atoms with Crippen molar-refractivity contribution in [2.24, 2.45) is 11.5 Å². The molecular weight excluding hydrogens is 152 g/mol. The maximum atomic E-state index is 10.7. The third-order valence-electron chi connectivity index (χ3n) is 2.21. The largest absolute Gasteiger partial charge is 0.366 e. The zero-order chi connectivity index (χ0) is 9.78. The molecule has 0 aromatic heterocycles. The lowest BCUT2D eigenvalue weighted by Gasteiger charge is -2.22. The Balaban J connectivity index is 4.57. The summed E-state index contributed by atoms with van der Waals surface area (Å²) in [6.45, 7) is 5.68. The fourth-order valence-electron chi connectivity index (χ4n) is 0.956. The fourth-order valence-corrected chi connectivity index (χ4v) is 0.956. The molecule has 70 valence electrons. The molecule has 4 N–H and O–H groups in total. The Morgan fingerprint density at radius 2 is 1.83 bits per heavy atom. The van der Waals surface area contributed by atoms with E-state index in [9.17, 15) is 4.79 Å². The lowest BCUT2D eigenvalue weighted by Crippen LogP contribution is -2.37. The van der Waals surface area contributed by atoms with Crippen molar-refractivity contribution in [2.45, 2.75) is 39.2 Å². The highest BCUT2D eigenvalue weighted by Crippen LogP contribution is 2.14. The van der Waals surface area contributed by atoms with Crippen LogP contribution in [-0.4, -0.2) is 11.4 Å². The third kappa shape index (κ3) is 3.05. The highest BCUT2D eigenvalue weighted by atomic mass is 16.1. The number of primary amides is 1. The zero-order valence-electron chi connectivity index (χ0n) is 8.05. The highest BCUT2D eigenvalue weighted by molar-refractivity contribution is 5.91. The molecule has 0 aromatic carbocycles. The Bertz CT molecular complexity index is 193. The lowest BCUT2D eigenvalue weighted by molar-refractivity contribution is -0.114. The molecule has 0 bridgehead atoms. The summed E-state index contributed by atoms with van der Waals surface area (Å²) in [5.74, 6) is -0.397. The van der Waals surface area contributed by atoms with E-state index in [1.165, 1.54) is 0 Å². The molecule has 0 aliphatic heterocycles. The number of hydrogen-bond acceptors (Lipinski definition) is 2. The minimum Gasteiger partial charge on any atom is -0.366 e. The van der Waals surface area contributed by atoms with E-state index in [0.717, 1.165) is 12.8 Å². The summed E-state index contributed by atoms with van der Waals surface area (Å²) in [4.78, 5) is 10.7. The van der Waals surface area contributed by atoms with E-state index >= 15 is 0 Å². The van der Waals surface area contributed by atoms with Crippen LogP contribution in [0.1, 0.15) is 33.6 Å². The van der Waals surface area contributed by atoms with Gasteiger partial charge >= 0.3 is 0 Å². The second kappa shape index (κ2) is 4.26. The van der Waals surface area contributed by atoms with Gasteiger partial charge in [-0.3, -0.25) is 4.79 Å². The van der Waals surface area contributed by atoms with Crippen molar-refractivity contribution < 1.29 is 4.79 Å². The maximum absolute atomic E-state index is 10.7. The summed E-state index contributed by atoms with van der Waals surface area (Å²) < 4.78 is 0. The first kappa shape index (κ1) is 11.2. The molecule has 0 atom stereocenters. The number of amides is 1. The molecule has 0 heterocycles. The monoisotopic (exact) mass is 170 g/mol. The van der Waals surface area contributed by atoms with Gasteiger partial charge in [-0.25, -0.2) is 0 Å². The van der Waals surface area contributed by atoms with Gasteiger partial charge in [-0.15, -0.1) is 0 Å². The van der Waals surface area contributed by atoms with E-state index in [2.05, 4.69) is 0 Å². The van der Waals surface area contributed by atoms with Crippen molar-refractivity contribution >= 4 is 5.91 Å². The fraction of sp³-hybridized carbons (Fsp3) is 0.667. The number of nitrogens with two attached hydrogens (primary N) is 2. The standard InChI is InChI=1S/C9H18N2O/c1-4-9(11,5-2)6-7(3)8(10)12/h6H,4-5,11H2,1-3H3,(H2,10,12). The van der Waals surface area contributed by atoms with Crippen LogP contribution < -0.4 is 11.5 Å². The van der Waals surface area contributed by atoms with Crippen LogP contribution in [0.5, 0.6) is 0 Å². The average molecular weight is 170 g/mol. The number of carbonyl (C=O) groups excluding carboxylic acids is 1. The topological polar surface area (TPSA) is 69.1 Å². The Labute approximate surface area is 73.8 Å². The molecular formula is C9H18N2O. The number of rotatable bonds is 4. The first-order valence-corrected chi connectivity index (χ1v) is 4.23. The van der Waals surface area contributed by atoms with Crippen molar-refractivity contribution in [3.8, 4) is 0 Å². The van der Waals surface area contributed by atoms with Crippen molar-refractivity contribution in [1.82, 2.24) is 0 Å². The summed E-state index contributed by atoms with van der Waals surface area (Å²) in [5.41, 5.74) is 11.2. The smallest absolute Gasteiger partial charge is 0.244 e. The van der Waals surface area contributed by atoms with Crippen LogP contribution in [-0.2, 0) is 4.79 Å². The third-order valence-corrected chi connectivity index (χ3v) is 2.21. The molecule has 0 saturated heterocycles. The SMILES string of the molecule is CCC(N)(C=C(C)C(N)=O)CC. The Hall–Kier alpha value is -0.830. The van der Waals surface area contributed by atoms with Crippen molar-refractivity contribution in [3.05, 3.63) is 11.6 Å². The van der Waals surface area contributed by atoms with E-state index in [1.54, 1.807) is 13.0 Å². The first-order valence-electron chi connectivity index (χ1n) is 4.23. The Morgan fingerprint density at radius 1 is 1.42 bits per heavy atom. The van der Waals surface area contributed by atoms with Crippen LogP contribution in [0.3, 0.4) is 0 Å². The van der Waals surface area contributed by atoms with Crippen LogP contribution in [0, 0.1) is 0 Å². The molecule has 0 unspecified atom stereocenters. The summed E-state index contributed by atoms with van der Waals surface area (Å²) in [6, 6.07) is 0. The van der Waals surface area contributed by atoms with Gasteiger partial charge in [0, 0.05) is 11.1 Å². The van der Waals surface area contributed by atoms with E-state index in [-0.39, 0.29) is 5.54 Å². The van der Waals surface area contributed by atoms with Crippen LogP contribution in [0.2, 0.25) is 0 Å². The summed E-state index contributed by atoms with van der Waals surface area (Å²) in [7, 11) is 0. The molecule has 3 nitrogen and oxygen atoms in total. The van der Waals surface area contributed by atoms with Gasteiger partial charge < -0.3 is 11.5 Å². The molecule has 0 radical (unpaired) electrons. The van der Waals surface area contributed by atoms with E-state index in [1.807, 2.05) is 13.8 Å². The number of hydrogen-bond donors (Lipinski definition) is 2. The predicted molar refractivity (Wildman–Crippen MR) is 50.5 cm³/mol. The van der Waals surface area contributed by atoms with Gasteiger partial charge in [0.05, 0.1) is 0 Å². The highest BCUT2D eigenvalue weighted by Gasteiger charge is 2.17. The zero-order valence-corrected chi connectivity index (χ0v) is 8.05. The van der Waals surface area contributed by atoms with Crippen LogP contribution in [0.25, 0.3) is 0 Å². The summed E-state index contributed by atoms with van der Waals surface area (Å²) in [5, 5.41) is 0. The van der Waals surface area contributed by atoms with Crippen molar-refractivity contribution in [3.63, 3.8) is 0 Å². The predicted octanol–water partition coefficient (Wildman–Crippen LogP) is 0.935. The molecule has 0 spiro atoms. The Kier molecular flexibility index (Phi) is 3.96. The van der Waals surface area contributed by atoms with E-state index < -0.39 is 5.91 Å². The molecule has 0 rings (SSSR count). The summed E-state index contributed by atoms with van der Waals surface area (Å²) in [6.07, 6.45) is 3.39. The van der Waals surface area contributed by atoms with Crippen molar-refractivity contribution in [2.75, 3.05) is 0 Å². The second-order valence-electron chi connectivity index (χ2n) is 3.13. The Morgan fingerprint density at radius 3 is 2.08 bits per heavy atom. The minimum absolute atomic E-state index is 0.376. The van der Waals surface area contributed by atoms with Gasteiger partial charge in [-0.2, -0.15) is 0 Å². The van der Waals surface area contributed by atoms with Gasteiger partial charge in [-0.05, 0) is 19.8 Å². The van der Waals surface area contributed by atoms with E-state index in [4.69, 9.17) is 11.5 Å². The van der Waals surface area contributed by atoms with Gasteiger partial charge in [0.15, 0.2) is 0 Å². The molecule has 1 amide bonds. The molecule has 12 heavy (non-hydrogen) atoms. The maximum Gasteiger partial charge on any atom is 0.244 e. The molecule has 0 saturated carbocycles. The van der Waals surface area contributed by atoms with Crippen molar-refractivity contribution in [1.29, 1.82) is 0 Å². The van der Waals surface area contributed by atoms with Gasteiger partial charge in [0.1, 0.15) is 0 Å². The van der Waals surface area contributed by atoms with E-state index in [0.29, 0.717) is 5.57 Å². The molecule has 0 aromatic rings. The van der Waals surface area contributed by atoms with Gasteiger partial charge in [0.25, 0.3) is 0 Å². The van der Waals surface area contributed by atoms with Crippen LogP contribution in [0.4, 0.5) is 0 Å². The second-order valence-corrected chi connectivity index (χ2v) is 3.13. The quantitative estimate of drug-likeness (QED) is 0.616. The normalized spacial score (nSPS) is 13.2. The van der Waals surface area contributed by atoms with Crippen LogP contribution >= 0.6 is 0 Å². The van der Waals surface area contributed by atoms with Crippen LogP contribution in [0.15, 0.2) is 11.6 Å². The minimum atomic E-state index is -0.397. The van der Waals surface area contributed by atoms with Gasteiger partial charge in [0.2, 0.25) is 5.91 Å². The average Bonchev–Trinajstić information content (AvgIpc) is 2.04. The molecule has 3 heteroatoms. The summed E-state index contributed by atoms with van der Waals surface area (Å²) >= 11 is 0. The molecule has 0 aliphatic rings.